The van der Waals surface area contributed by atoms with Crippen LogP contribution in [-0.4, -0.2) is 59.8 Å². The van der Waals surface area contributed by atoms with E-state index in [2.05, 4.69) is 65.2 Å². The van der Waals surface area contributed by atoms with Crippen LogP contribution in [0.5, 0.6) is 0 Å². The topological polar surface area (TPSA) is 107 Å². The van der Waals surface area contributed by atoms with Gasteiger partial charge in [-0.1, -0.05) is 60.7 Å². The maximum Gasteiger partial charge on any atom is 0.490 e. The third-order valence-electron chi connectivity index (χ3n) is 8.37. The molecule has 3 aromatic carbocycles. The van der Waals surface area contributed by atoms with Gasteiger partial charge in [0.05, 0.1) is 5.52 Å². The monoisotopic (exact) mass is 619 g/mol. The Balaban J connectivity index is 0.000000515. The number of carbonyl (C=O) groups excluding carboxylic acids is 1. The summed E-state index contributed by atoms with van der Waals surface area (Å²) >= 11 is 0. The van der Waals surface area contributed by atoms with Gasteiger partial charge >= 0.3 is 12.1 Å². The first-order valence-electron chi connectivity index (χ1n) is 15.0. The van der Waals surface area contributed by atoms with Crippen LogP contribution in [0, 0.1) is 5.92 Å². The van der Waals surface area contributed by atoms with Gasteiger partial charge in [-0.05, 0) is 66.0 Å². The van der Waals surface area contributed by atoms with E-state index in [1.165, 1.54) is 22.3 Å². The fourth-order valence-corrected chi connectivity index (χ4v) is 6.15. The quantitative estimate of drug-likeness (QED) is 0.214. The molecule has 1 heterocycles. The van der Waals surface area contributed by atoms with Crippen molar-refractivity contribution in [3.8, 4) is 11.1 Å². The molecule has 1 aromatic heterocycles. The number of benzene rings is 3. The fraction of sp³-hybridized carbons (Fsp3) is 0.353. The molecule has 1 fully saturated rings. The number of nitrogens with one attached hydrogen (secondary N) is 2. The SMILES string of the molecule is CN(C)c1nc(NC2CCC(CNC(=O)CC3c4ccccc4-c4ccccc43)CC2)nc2ccccc12.O=C(O)C(F)(F)F. The summed E-state index contributed by atoms with van der Waals surface area (Å²) in [6.07, 6.45) is -0.310. The van der Waals surface area contributed by atoms with Crippen molar-refractivity contribution < 1.29 is 27.9 Å². The summed E-state index contributed by atoms with van der Waals surface area (Å²) < 4.78 is 31.7. The van der Waals surface area contributed by atoms with E-state index in [-0.39, 0.29) is 11.8 Å². The molecular weight excluding hydrogens is 583 g/mol. The Labute approximate surface area is 259 Å². The van der Waals surface area contributed by atoms with E-state index >= 15 is 0 Å². The van der Waals surface area contributed by atoms with Crippen LogP contribution in [0.25, 0.3) is 22.0 Å². The molecule has 0 bridgehead atoms. The second-order valence-corrected chi connectivity index (χ2v) is 11.7. The van der Waals surface area contributed by atoms with Crippen molar-refractivity contribution in [2.24, 2.45) is 5.92 Å². The highest BCUT2D eigenvalue weighted by Gasteiger charge is 2.38. The number of carboxylic acid groups (broad SMARTS) is 1. The number of alkyl halides is 3. The number of halogens is 3. The first-order valence-corrected chi connectivity index (χ1v) is 15.0. The van der Waals surface area contributed by atoms with Crippen molar-refractivity contribution in [3.63, 3.8) is 0 Å². The van der Waals surface area contributed by atoms with E-state index in [0.717, 1.165) is 48.9 Å². The second-order valence-electron chi connectivity index (χ2n) is 11.7. The fourth-order valence-electron chi connectivity index (χ4n) is 6.15. The van der Waals surface area contributed by atoms with Crippen molar-refractivity contribution >= 4 is 34.5 Å². The van der Waals surface area contributed by atoms with Crippen LogP contribution in [0.15, 0.2) is 72.8 Å². The summed E-state index contributed by atoms with van der Waals surface area (Å²) in [7, 11) is 4.03. The van der Waals surface area contributed by atoms with Crippen molar-refractivity contribution in [1.29, 1.82) is 0 Å². The molecular formula is C34H36F3N5O3. The first-order chi connectivity index (χ1) is 21.5. The van der Waals surface area contributed by atoms with Crippen molar-refractivity contribution in [3.05, 3.63) is 83.9 Å². The Bertz CT molecular complexity index is 1620. The normalized spacial score (nSPS) is 17.4. The molecule has 1 saturated carbocycles. The van der Waals surface area contributed by atoms with Crippen LogP contribution >= 0.6 is 0 Å². The molecule has 236 valence electrons. The molecule has 45 heavy (non-hydrogen) atoms. The molecule has 0 aliphatic heterocycles. The third kappa shape index (κ3) is 7.53. The molecule has 4 aromatic rings. The van der Waals surface area contributed by atoms with Crippen LogP contribution in [0.4, 0.5) is 24.9 Å². The van der Waals surface area contributed by atoms with Crippen LogP contribution < -0.4 is 15.5 Å². The molecule has 0 atom stereocenters. The molecule has 2 aliphatic carbocycles. The predicted molar refractivity (Wildman–Crippen MR) is 168 cm³/mol. The minimum atomic E-state index is -5.08. The third-order valence-corrected chi connectivity index (χ3v) is 8.37. The number of carbonyl (C=O) groups is 2. The number of nitrogens with zero attached hydrogens (tertiary/aromatic N) is 3. The van der Waals surface area contributed by atoms with Crippen molar-refractivity contribution in [2.45, 2.75) is 50.2 Å². The van der Waals surface area contributed by atoms with E-state index in [9.17, 15) is 18.0 Å². The molecule has 0 radical (unpaired) electrons. The van der Waals surface area contributed by atoms with Gasteiger partial charge < -0.3 is 20.6 Å². The Kier molecular flexibility index (Phi) is 9.55. The van der Waals surface area contributed by atoms with Gasteiger partial charge in [-0.2, -0.15) is 18.2 Å². The lowest BCUT2D eigenvalue weighted by Gasteiger charge is -2.29. The zero-order valence-corrected chi connectivity index (χ0v) is 25.1. The van der Waals surface area contributed by atoms with Gasteiger partial charge in [0.25, 0.3) is 0 Å². The van der Waals surface area contributed by atoms with Gasteiger partial charge in [0.1, 0.15) is 5.82 Å². The van der Waals surface area contributed by atoms with Gasteiger partial charge in [-0.25, -0.2) is 9.78 Å². The van der Waals surface area contributed by atoms with E-state index in [1.807, 2.05) is 37.2 Å². The highest BCUT2D eigenvalue weighted by molar-refractivity contribution is 5.90. The zero-order chi connectivity index (χ0) is 32.1. The number of aliphatic carboxylic acids is 1. The Morgan fingerprint density at radius 1 is 0.867 bits per heavy atom. The number of anilines is 2. The van der Waals surface area contributed by atoms with Crippen molar-refractivity contribution in [1.82, 2.24) is 15.3 Å². The van der Waals surface area contributed by atoms with E-state index in [4.69, 9.17) is 19.9 Å². The predicted octanol–water partition coefficient (Wildman–Crippen LogP) is 6.62. The van der Waals surface area contributed by atoms with Gasteiger partial charge in [0.2, 0.25) is 11.9 Å². The maximum atomic E-state index is 13.0. The molecule has 1 amide bonds. The maximum absolute atomic E-state index is 13.0. The number of hydrogen-bond donors (Lipinski definition) is 3. The largest absolute Gasteiger partial charge is 0.490 e. The number of carboxylic acids is 1. The molecule has 3 N–H and O–H groups in total. The molecule has 0 unspecified atom stereocenters. The molecule has 0 saturated heterocycles. The molecule has 11 heteroatoms. The van der Waals surface area contributed by atoms with Gasteiger partial charge in [0.15, 0.2) is 0 Å². The smallest absolute Gasteiger partial charge is 0.475 e. The van der Waals surface area contributed by atoms with Crippen molar-refractivity contribution in [2.75, 3.05) is 30.9 Å². The summed E-state index contributed by atoms with van der Waals surface area (Å²) in [5.41, 5.74) is 6.02. The standard InChI is InChI=1S/C32H35N5O.C2HF3O2/c1-37(2)31-27-13-7-8-14-29(27)35-32(36-31)34-22-17-15-21(16-18-22)20-33-30(38)19-28-25-11-5-3-9-23(25)24-10-4-6-12-26(24)28;3-2(4,5)1(6)7/h3-14,21-22,28H,15-20H2,1-2H3,(H,33,38)(H,34,35,36);(H,6,7). The number of aromatic nitrogens is 2. The number of para-hydroxylation sites is 1. The zero-order valence-electron chi connectivity index (χ0n) is 25.1. The molecule has 6 rings (SSSR count). The summed E-state index contributed by atoms with van der Waals surface area (Å²) in [6, 6.07) is 25.5. The Morgan fingerprint density at radius 2 is 1.42 bits per heavy atom. The number of amides is 1. The summed E-state index contributed by atoms with van der Waals surface area (Å²) in [6.45, 7) is 0.749. The van der Waals surface area contributed by atoms with Crippen LogP contribution in [0.2, 0.25) is 0 Å². The van der Waals surface area contributed by atoms with E-state index < -0.39 is 12.1 Å². The summed E-state index contributed by atoms with van der Waals surface area (Å²) in [5, 5.41) is 15.0. The van der Waals surface area contributed by atoms with Gasteiger partial charge in [0, 0.05) is 44.4 Å². The lowest BCUT2D eigenvalue weighted by atomic mass is 9.86. The minimum absolute atomic E-state index is 0.136. The average Bonchev–Trinajstić information content (AvgIpc) is 3.33. The Morgan fingerprint density at radius 3 is 2.00 bits per heavy atom. The van der Waals surface area contributed by atoms with Crippen LogP contribution in [-0.2, 0) is 9.59 Å². The summed E-state index contributed by atoms with van der Waals surface area (Å²) in [4.78, 5) is 33.5. The summed E-state index contributed by atoms with van der Waals surface area (Å²) in [5.74, 6) is -0.343. The van der Waals surface area contributed by atoms with Crippen LogP contribution in [0.1, 0.15) is 49.1 Å². The minimum Gasteiger partial charge on any atom is -0.475 e. The number of rotatable bonds is 7. The van der Waals surface area contributed by atoms with Crippen LogP contribution in [0.3, 0.4) is 0 Å². The lowest BCUT2D eigenvalue weighted by Crippen LogP contribution is -2.34. The van der Waals surface area contributed by atoms with E-state index in [0.29, 0.717) is 24.3 Å². The molecule has 2 aliphatic rings. The number of fused-ring (bicyclic) bond motifs is 4. The first kappa shape index (κ1) is 31.7. The van der Waals surface area contributed by atoms with Gasteiger partial charge in [-0.15, -0.1) is 0 Å². The van der Waals surface area contributed by atoms with E-state index in [1.54, 1.807) is 0 Å². The number of hydrogen-bond acceptors (Lipinski definition) is 6. The lowest BCUT2D eigenvalue weighted by molar-refractivity contribution is -0.192. The Hall–Kier alpha value is -4.67. The molecule has 8 nitrogen and oxygen atoms in total. The average molecular weight is 620 g/mol. The highest BCUT2D eigenvalue weighted by Crippen LogP contribution is 2.46. The highest BCUT2D eigenvalue weighted by atomic mass is 19.4. The molecule has 0 spiro atoms. The second kappa shape index (κ2) is 13.5. The van der Waals surface area contributed by atoms with Gasteiger partial charge in [-0.3, -0.25) is 4.79 Å².